The van der Waals surface area contributed by atoms with E-state index < -0.39 is 0 Å². The van der Waals surface area contributed by atoms with Crippen LogP contribution in [0.15, 0.2) is 52.2 Å². The lowest BCUT2D eigenvalue weighted by Crippen LogP contribution is -2.43. The fraction of sp³-hybridized carbons (Fsp3) is 0.467. The van der Waals surface area contributed by atoms with E-state index in [9.17, 15) is 0 Å². The van der Waals surface area contributed by atoms with Crippen molar-refractivity contribution in [3.05, 3.63) is 74.6 Å². The number of benzene rings is 1. The molecule has 192 valence electrons. The first-order valence-electron chi connectivity index (χ1n) is 13.1. The summed E-state index contributed by atoms with van der Waals surface area (Å²) in [6, 6.07) is 8.76. The van der Waals surface area contributed by atoms with Crippen LogP contribution in [0.3, 0.4) is 0 Å². The van der Waals surface area contributed by atoms with Gasteiger partial charge in [-0.25, -0.2) is 4.68 Å². The molecular formula is C30H39BrN4O. The largest absolute Gasteiger partial charge is 0.379 e. The Kier molecular flexibility index (Phi) is 8.81. The van der Waals surface area contributed by atoms with E-state index in [-0.39, 0.29) is 12.0 Å². The highest BCUT2D eigenvalue weighted by atomic mass is 79.9. The number of fused-ring (bicyclic) bond motifs is 1. The maximum absolute atomic E-state index is 9.15. The first-order chi connectivity index (χ1) is 17.3. The average Bonchev–Trinajstić information content (AvgIpc) is 3.33. The molecule has 6 heteroatoms. The normalized spacial score (nSPS) is 21.3. The van der Waals surface area contributed by atoms with Gasteiger partial charge < -0.3 is 4.74 Å². The van der Waals surface area contributed by atoms with Gasteiger partial charge in [0.05, 0.1) is 29.6 Å². The summed E-state index contributed by atoms with van der Waals surface area (Å²) in [6.07, 6.45) is 9.49. The highest BCUT2D eigenvalue weighted by Crippen LogP contribution is 2.37. The Morgan fingerprint density at radius 1 is 1.28 bits per heavy atom. The molecule has 2 atom stereocenters. The Labute approximate surface area is 224 Å². The zero-order valence-electron chi connectivity index (χ0n) is 22.3. The molecule has 1 fully saturated rings. The van der Waals surface area contributed by atoms with Crippen molar-refractivity contribution in [2.24, 2.45) is 0 Å². The van der Waals surface area contributed by atoms with Gasteiger partial charge in [0, 0.05) is 24.7 Å². The number of aromatic nitrogens is 2. The second-order valence-electron chi connectivity index (χ2n) is 10.1. The van der Waals surface area contributed by atoms with Gasteiger partial charge in [-0.15, -0.1) is 0 Å². The topological polar surface area (TPSA) is 54.1 Å². The molecule has 1 aromatic heterocycles. The quantitative estimate of drug-likeness (QED) is 0.387. The standard InChI is InChI=1S/C30H39BrN4O/c1-6-20(2)17-25(18-24-10-8-7-9-21(24)3)27-19-33-35-29(27)22(4)11-12-26(28(31)30(35)32)23(5)34-13-15-36-16-14-34/h7-10,17-19,22-23,32H,6,11-16H2,1-5H3. The van der Waals surface area contributed by atoms with E-state index in [4.69, 9.17) is 15.2 Å². The molecule has 0 amide bonds. The van der Waals surface area contributed by atoms with Gasteiger partial charge in [0.25, 0.3) is 0 Å². The lowest BCUT2D eigenvalue weighted by Gasteiger charge is -2.35. The third-order valence-electron chi connectivity index (χ3n) is 7.69. The molecule has 2 aliphatic heterocycles. The Balaban J connectivity index is 1.79. The van der Waals surface area contributed by atoms with Crippen LogP contribution in [0, 0.1) is 12.3 Å². The minimum atomic E-state index is 0.263. The predicted octanol–water partition coefficient (Wildman–Crippen LogP) is 7.18. The maximum atomic E-state index is 9.15. The Morgan fingerprint density at radius 3 is 2.69 bits per heavy atom. The molecular weight excluding hydrogens is 512 g/mol. The van der Waals surface area contributed by atoms with Gasteiger partial charge in [-0.05, 0) is 90.2 Å². The van der Waals surface area contributed by atoms with Crippen LogP contribution in [-0.4, -0.2) is 52.9 Å². The molecule has 2 aliphatic rings. The summed E-state index contributed by atoms with van der Waals surface area (Å²) in [5.74, 6) is 0.690. The molecule has 0 bridgehead atoms. The number of nitrogens with one attached hydrogen (secondary N) is 1. The van der Waals surface area contributed by atoms with E-state index in [1.54, 1.807) is 0 Å². The van der Waals surface area contributed by atoms with Gasteiger partial charge in [-0.2, -0.15) is 5.10 Å². The number of nitrogens with zero attached hydrogens (tertiary/aromatic N) is 3. The molecule has 5 nitrogen and oxygen atoms in total. The number of hydrogen-bond acceptors (Lipinski definition) is 4. The van der Waals surface area contributed by atoms with Crippen molar-refractivity contribution in [2.75, 3.05) is 26.3 Å². The summed E-state index contributed by atoms with van der Waals surface area (Å²) >= 11 is 3.83. The van der Waals surface area contributed by atoms with Crippen LogP contribution in [0.5, 0.6) is 0 Å². The minimum Gasteiger partial charge on any atom is -0.379 e. The molecule has 0 saturated carbocycles. The number of hydrogen-bond donors (Lipinski definition) is 1. The van der Waals surface area contributed by atoms with Gasteiger partial charge in [-0.1, -0.05) is 49.8 Å². The summed E-state index contributed by atoms with van der Waals surface area (Å²) in [6.45, 7) is 14.5. The van der Waals surface area contributed by atoms with Crippen LogP contribution in [0.4, 0.5) is 0 Å². The number of rotatable bonds is 6. The van der Waals surface area contributed by atoms with Crippen molar-refractivity contribution < 1.29 is 4.74 Å². The number of halogens is 1. The Hall–Kier alpha value is -2.28. The van der Waals surface area contributed by atoms with Crippen molar-refractivity contribution in [3.8, 4) is 0 Å². The highest BCUT2D eigenvalue weighted by molar-refractivity contribution is 9.12. The van der Waals surface area contributed by atoms with Crippen LogP contribution in [-0.2, 0) is 4.74 Å². The van der Waals surface area contributed by atoms with Crippen molar-refractivity contribution in [2.45, 2.75) is 65.8 Å². The summed E-state index contributed by atoms with van der Waals surface area (Å²) in [7, 11) is 0. The SMILES string of the molecule is CCC(C)=CC(=Cc1ccccc1C)c1cnn2c1C(C)CCC(C(C)N1CCOCC1)=C(Br)C2=N. The van der Waals surface area contributed by atoms with Crippen molar-refractivity contribution >= 4 is 33.4 Å². The molecule has 0 spiro atoms. The Bertz CT molecular complexity index is 1200. The minimum absolute atomic E-state index is 0.263. The van der Waals surface area contributed by atoms with Gasteiger partial charge in [0.1, 0.15) is 0 Å². The number of allylic oxidation sites excluding steroid dienone is 4. The maximum Gasteiger partial charge on any atom is 0.160 e. The molecule has 0 aliphatic carbocycles. The fourth-order valence-electron chi connectivity index (χ4n) is 5.15. The number of ether oxygens (including phenoxy) is 1. The van der Waals surface area contributed by atoms with Gasteiger partial charge in [0.2, 0.25) is 0 Å². The van der Waals surface area contributed by atoms with Crippen LogP contribution in [0.2, 0.25) is 0 Å². The molecule has 0 radical (unpaired) electrons. The smallest absolute Gasteiger partial charge is 0.160 e. The van der Waals surface area contributed by atoms with Gasteiger partial charge in [-0.3, -0.25) is 10.3 Å². The average molecular weight is 552 g/mol. The van der Waals surface area contributed by atoms with E-state index in [0.29, 0.717) is 5.84 Å². The monoisotopic (exact) mass is 550 g/mol. The van der Waals surface area contributed by atoms with Crippen LogP contribution in [0.25, 0.3) is 11.6 Å². The van der Waals surface area contributed by atoms with Crippen LogP contribution >= 0.6 is 15.9 Å². The van der Waals surface area contributed by atoms with Crippen molar-refractivity contribution in [1.82, 2.24) is 14.7 Å². The van der Waals surface area contributed by atoms with Crippen LogP contribution < -0.4 is 0 Å². The zero-order valence-corrected chi connectivity index (χ0v) is 23.9. The third kappa shape index (κ3) is 5.66. The van der Waals surface area contributed by atoms with E-state index in [1.165, 1.54) is 22.3 Å². The van der Waals surface area contributed by atoms with Gasteiger partial charge in [0.15, 0.2) is 5.84 Å². The first kappa shape index (κ1) is 26.8. The van der Waals surface area contributed by atoms with E-state index in [0.717, 1.165) is 66.9 Å². The molecule has 4 rings (SSSR count). The lowest BCUT2D eigenvalue weighted by molar-refractivity contribution is 0.0262. The summed E-state index contributed by atoms with van der Waals surface area (Å²) in [4.78, 5) is 2.47. The highest BCUT2D eigenvalue weighted by Gasteiger charge is 2.30. The molecule has 2 aromatic rings. The van der Waals surface area contributed by atoms with Crippen molar-refractivity contribution in [1.29, 1.82) is 5.41 Å². The first-order valence-corrected chi connectivity index (χ1v) is 13.9. The fourth-order valence-corrected chi connectivity index (χ4v) is 5.85. The third-order valence-corrected chi connectivity index (χ3v) is 8.57. The molecule has 1 aromatic carbocycles. The predicted molar refractivity (Wildman–Crippen MR) is 154 cm³/mol. The molecule has 36 heavy (non-hydrogen) atoms. The Morgan fingerprint density at radius 2 is 2.00 bits per heavy atom. The molecule has 1 saturated heterocycles. The van der Waals surface area contributed by atoms with E-state index in [1.807, 2.05) is 10.9 Å². The second-order valence-corrected chi connectivity index (χ2v) is 10.9. The molecule has 3 heterocycles. The summed E-state index contributed by atoms with van der Waals surface area (Å²) < 4.78 is 8.29. The van der Waals surface area contributed by atoms with E-state index in [2.05, 4.69) is 91.9 Å². The van der Waals surface area contributed by atoms with Gasteiger partial charge >= 0.3 is 0 Å². The summed E-state index contributed by atoms with van der Waals surface area (Å²) in [5.41, 5.74) is 8.47. The van der Waals surface area contributed by atoms with E-state index >= 15 is 0 Å². The number of aryl methyl sites for hydroxylation is 1. The van der Waals surface area contributed by atoms with Crippen LogP contribution in [0.1, 0.15) is 75.3 Å². The zero-order chi connectivity index (χ0) is 25.8. The van der Waals surface area contributed by atoms with Crippen molar-refractivity contribution in [3.63, 3.8) is 0 Å². The summed E-state index contributed by atoms with van der Waals surface area (Å²) in [5, 5.41) is 13.9. The second kappa shape index (κ2) is 11.8. The lowest BCUT2D eigenvalue weighted by atomic mass is 9.88. The molecule has 2 unspecified atom stereocenters. The molecule has 1 N–H and O–H groups in total. The number of morpholine rings is 1.